The van der Waals surface area contributed by atoms with E-state index in [0.29, 0.717) is 31.4 Å². The predicted octanol–water partition coefficient (Wildman–Crippen LogP) is 3.06. The first kappa shape index (κ1) is 20.3. The third-order valence-corrected chi connectivity index (χ3v) is 7.56. The molecule has 0 radical (unpaired) electrons. The van der Waals surface area contributed by atoms with Crippen LogP contribution in [-0.2, 0) is 14.8 Å². The van der Waals surface area contributed by atoms with Crippen molar-refractivity contribution in [1.29, 1.82) is 0 Å². The molecule has 0 atom stereocenters. The molecule has 0 spiro atoms. The minimum Gasteiger partial charge on any atom is -0.325 e. The monoisotopic (exact) mass is 393 g/mol. The van der Waals surface area contributed by atoms with Gasteiger partial charge < -0.3 is 5.32 Å². The third-order valence-electron chi connectivity index (χ3n) is 5.66. The standard InChI is InChI=1S/C20H31N3O3S/c1-22(18-10-4-2-5-11-18)16-20(24)21-17-9-8-12-19(15-17)27(25,26)23-13-6-3-7-14-23/h8-9,12,15,18H,2-7,10-11,13-14,16H2,1H3,(H,21,24). The fourth-order valence-electron chi connectivity index (χ4n) is 4.07. The lowest BCUT2D eigenvalue weighted by atomic mass is 9.94. The molecular weight excluding hydrogens is 362 g/mol. The molecule has 6 nitrogen and oxygen atoms in total. The molecule has 0 aromatic heterocycles. The Balaban J connectivity index is 1.62. The Hall–Kier alpha value is -1.44. The first-order valence-electron chi connectivity index (χ1n) is 10.1. The number of nitrogens with zero attached hydrogens (tertiary/aromatic N) is 2. The second kappa shape index (κ2) is 9.17. The summed E-state index contributed by atoms with van der Waals surface area (Å²) < 4.78 is 27.2. The van der Waals surface area contributed by atoms with Gasteiger partial charge in [0.05, 0.1) is 11.4 Å². The summed E-state index contributed by atoms with van der Waals surface area (Å²) in [5.74, 6) is -0.101. The maximum absolute atomic E-state index is 12.8. The minimum absolute atomic E-state index is 0.101. The van der Waals surface area contributed by atoms with Gasteiger partial charge in [0.1, 0.15) is 0 Å². The summed E-state index contributed by atoms with van der Waals surface area (Å²) in [5, 5.41) is 2.86. The molecule has 1 aliphatic heterocycles. The van der Waals surface area contributed by atoms with Crippen LogP contribution >= 0.6 is 0 Å². The quantitative estimate of drug-likeness (QED) is 0.806. The van der Waals surface area contributed by atoms with E-state index in [1.54, 1.807) is 28.6 Å². The van der Waals surface area contributed by atoms with Crippen molar-refractivity contribution in [2.45, 2.75) is 62.3 Å². The average Bonchev–Trinajstić information content (AvgIpc) is 2.69. The highest BCUT2D eigenvalue weighted by Crippen LogP contribution is 2.24. The number of anilines is 1. The number of hydrogen-bond donors (Lipinski definition) is 1. The van der Waals surface area contributed by atoms with E-state index >= 15 is 0 Å². The average molecular weight is 394 g/mol. The van der Waals surface area contributed by atoms with Crippen molar-refractivity contribution in [1.82, 2.24) is 9.21 Å². The molecule has 2 fully saturated rings. The second-order valence-corrected chi connectivity index (χ2v) is 9.69. The van der Waals surface area contributed by atoms with Gasteiger partial charge in [0, 0.05) is 24.8 Å². The molecule has 1 saturated carbocycles. The van der Waals surface area contributed by atoms with Gasteiger partial charge in [0.25, 0.3) is 0 Å². The van der Waals surface area contributed by atoms with E-state index < -0.39 is 10.0 Å². The van der Waals surface area contributed by atoms with Gasteiger partial charge >= 0.3 is 0 Å². The highest BCUT2D eigenvalue weighted by atomic mass is 32.2. The lowest BCUT2D eigenvalue weighted by Crippen LogP contribution is -2.39. The minimum atomic E-state index is -3.49. The number of amides is 1. The summed E-state index contributed by atoms with van der Waals surface area (Å²) in [7, 11) is -1.50. The summed E-state index contributed by atoms with van der Waals surface area (Å²) in [4.78, 5) is 14.8. The second-order valence-electron chi connectivity index (χ2n) is 7.75. The van der Waals surface area contributed by atoms with Crippen LogP contribution in [-0.4, -0.2) is 56.3 Å². The van der Waals surface area contributed by atoms with Crippen molar-refractivity contribution in [3.63, 3.8) is 0 Å². The first-order chi connectivity index (χ1) is 13.0. The predicted molar refractivity (Wildman–Crippen MR) is 107 cm³/mol. The number of carbonyl (C=O) groups excluding carboxylic acids is 1. The van der Waals surface area contributed by atoms with E-state index in [0.717, 1.165) is 32.1 Å². The van der Waals surface area contributed by atoms with E-state index in [4.69, 9.17) is 0 Å². The van der Waals surface area contributed by atoms with Crippen LogP contribution in [0.4, 0.5) is 5.69 Å². The van der Waals surface area contributed by atoms with Crippen molar-refractivity contribution >= 4 is 21.6 Å². The Morgan fingerprint density at radius 2 is 1.78 bits per heavy atom. The number of benzene rings is 1. The fourth-order valence-corrected chi connectivity index (χ4v) is 5.63. The molecule has 1 aromatic rings. The van der Waals surface area contributed by atoms with Crippen LogP contribution in [0, 0.1) is 0 Å². The summed E-state index contributed by atoms with van der Waals surface area (Å²) in [5.41, 5.74) is 0.537. The van der Waals surface area contributed by atoms with Gasteiger partial charge in [-0.05, 0) is 50.9 Å². The lowest BCUT2D eigenvalue weighted by molar-refractivity contribution is -0.117. The number of sulfonamides is 1. The highest BCUT2D eigenvalue weighted by molar-refractivity contribution is 7.89. The Kier molecular flexibility index (Phi) is 6.89. The topological polar surface area (TPSA) is 69.7 Å². The Labute approximate surface area is 163 Å². The zero-order valence-electron chi connectivity index (χ0n) is 16.2. The zero-order chi connectivity index (χ0) is 19.3. The van der Waals surface area contributed by atoms with Crippen LogP contribution in [0.15, 0.2) is 29.2 Å². The van der Waals surface area contributed by atoms with Crippen molar-refractivity contribution in [3.8, 4) is 0 Å². The number of rotatable bonds is 6. The Morgan fingerprint density at radius 3 is 2.48 bits per heavy atom. The normalized spacial score (nSPS) is 19.9. The molecule has 0 bridgehead atoms. The van der Waals surface area contributed by atoms with Crippen molar-refractivity contribution in [3.05, 3.63) is 24.3 Å². The lowest BCUT2D eigenvalue weighted by Gasteiger charge is -2.30. The number of piperidine rings is 1. The summed E-state index contributed by atoms with van der Waals surface area (Å²) in [6.45, 7) is 1.48. The van der Waals surface area contributed by atoms with Crippen LogP contribution in [0.5, 0.6) is 0 Å². The van der Waals surface area contributed by atoms with E-state index in [-0.39, 0.29) is 10.8 Å². The van der Waals surface area contributed by atoms with Crippen LogP contribution in [0.25, 0.3) is 0 Å². The van der Waals surface area contributed by atoms with E-state index in [9.17, 15) is 13.2 Å². The SMILES string of the molecule is CN(CC(=O)Nc1cccc(S(=O)(=O)N2CCCCC2)c1)C1CCCCC1. The molecule has 1 aliphatic carbocycles. The smallest absolute Gasteiger partial charge is 0.243 e. The fraction of sp³-hybridized carbons (Fsp3) is 0.650. The third kappa shape index (κ3) is 5.30. The van der Waals surface area contributed by atoms with Crippen LogP contribution in [0.2, 0.25) is 0 Å². The van der Waals surface area contributed by atoms with Gasteiger partial charge in [0.15, 0.2) is 0 Å². The molecule has 7 heteroatoms. The van der Waals surface area contributed by atoms with E-state index in [2.05, 4.69) is 10.2 Å². The molecule has 1 aromatic carbocycles. The molecule has 3 rings (SSSR count). The number of hydrogen-bond acceptors (Lipinski definition) is 4. The molecule has 27 heavy (non-hydrogen) atoms. The van der Waals surface area contributed by atoms with Crippen molar-refractivity contribution in [2.24, 2.45) is 0 Å². The van der Waals surface area contributed by atoms with Crippen LogP contribution in [0.3, 0.4) is 0 Å². The summed E-state index contributed by atoms with van der Waals surface area (Å²) in [6, 6.07) is 7.08. The number of carbonyl (C=O) groups is 1. The van der Waals surface area contributed by atoms with Gasteiger partial charge in [-0.2, -0.15) is 4.31 Å². The molecule has 1 saturated heterocycles. The van der Waals surface area contributed by atoms with Gasteiger partial charge in [-0.15, -0.1) is 0 Å². The molecule has 2 aliphatic rings. The molecule has 1 heterocycles. The molecular formula is C20H31N3O3S. The van der Waals surface area contributed by atoms with E-state index in [1.165, 1.54) is 19.3 Å². The summed E-state index contributed by atoms with van der Waals surface area (Å²) in [6.07, 6.45) is 8.93. The largest absolute Gasteiger partial charge is 0.325 e. The maximum Gasteiger partial charge on any atom is 0.243 e. The first-order valence-corrected chi connectivity index (χ1v) is 11.5. The maximum atomic E-state index is 12.8. The van der Waals surface area contributed by atoms with Gasteiger partial charge in [-0.3, -0.25) is 9.69 Å². The molecule has 150 valence electrons. The van der Waals surface area contributed by atoms with Crippen LogP contribution in [0.1, 0.15) is 51.4 Å². The Bertz CT molecular complexity index is 739. The van der Waals surface area contributed by atoms with Gasteiger partial charge in [-0.1, -0.05) is 31.7 Å². The molecule has 1 N–H and O–H groups in total. The molecule has 0 unspecified atom stereocenters. The molecule has 1 amide bonds. The zero-order valence-corrected chi connectivity index (χ0v) is 17.0. The van der Waals surface area contributed by atoms with Crippen molar-refractivity contribution in [2.75, 3.05) is 32.0 Å². The summed E-state index contributed by atoms with van der Waals surface area (Å²) >= 11 is 0. The Morgan fingerprint density at radius 1 is 1.11 bits per heavy atom. The number of nitrogens with one attached hydrogen (secondary N) is 1. The van der Waals surface area contributed by atoms with Gasteiger partial charge in [-0.25, -0.2) is 8.42 Å². The van der Waals surface area contributed by atoms with Crippen molar-refractivity contribution < 1.29 is 13.2 Å². The number of likely N-dealkylation sites (N-methyl/N-ethyl adjacent to an activating group) is 1. The highest BCUT2D eigenvalue weighted by Gasteiger charge is 2.26. The van der Waals surface area contributed by atoms with Crippen LogP contribution < -0.4 is 5.32 Å². The van der Waals surface area contributed by atoms with Gasteiger partial charge in [0.2, 0.25) is 15.9 Å². The van der Waals surface area contributed by atoms with E-state index in [1.807, 2.05) is 7.05 Å².